The second kappa shape index (κ2) is 5.80. The molecular weight excluding hydrogens is 232 g/mol. The van der Waals surface area contributed by atoms with Gasteiger partial charge in [0, 0.05) is 19.4 Å². The van der Waals surface area contributed by atoms with Gasteiger partial charge >= 0.3 is 0 Å². The van der Waals surface area contributed by atoms with Crippen molar-refractivity contribution >= 4 is 11.8 Å². The molecule has 0 spiro atoms. The van der Waals surface area contributed by atoms with E-state index in [1.54, 1.807) is 0 Å². The number of β-amino-alcohol motifs (C(OH)–C–C–N with tert-alkyl or cyclic N) is 1. The number of likely N-dealkylation sites (tertiary alicyclic amines) is 2. The van der Waals surface area contributed by atoms with Gasteiger partial charge in [-0.1, -0.05) is 6.92 Å². The molecule has 0 aromatic heterocycles. The van der Waals surface area contributed by atoms with Crippen LogP contribution in [0.15, 0.2) is 0 Å². The Kier molecular flexibility index (Phi) is 4.35. The zero-order valence-corrected chi connectivity index (χ0v) is 11.0. The monoisotopic (exact) mass is 254 g/mol. The van der Waals surface area contributed by atoms with E-state index in [1.165, 1.54) is 4.90 Å². The molecule has 2 saturated heterocycles. The van der Waals surface area contributed by atoms with E-state index in [0.29, 0.717) is 19.4 Å². The smallest absolute Gasteiger partial charge is 0.229 e. The molecule has 102 valence electrons. The molecule has 0 aromatic rings. The van der Waals surface area contributed by atoms with Crippen molar-refractivity contribution in [2.24, 2.45) is 5.92 Å². The summed E-state index contributed by atoms with van der Waals surface area (Å²) >= 11 is 0. The number of hydrogen-bond donors (Lipinski definition) is 1. The molecule has 2 rings (SSSR count). The van der Waals surface area contributed by atoms with Crippen molar-refractivity contribution in [3.63, 3.8) is 0 Å². The lowest BCUT2D eigenvalue weighted by Crippen LogP contribution is -2.44. The van der Waals surface area contributed by atoms with Crippen LogP contribution in [0.4, 0.5) is 0 Å². The molecule has 5 heteroatoms. The molecule has 2 fully saturated rings. The number of carbonyl (C=O) groups excluding carboxylic acids is 2. The highest BCUT2D eigenvalue weighted by Gasteiger charge is 2.31. The number of aliphatic hydroxyl groups is 1. The summed E-state index contributed by atoms with van der Waals surface area (Å²) in [6.07, 6.45) is 2.30. The number of amides is 2. The largest absolute Gasteiger partial charge is 0.390 e. The van der Waals surface area contributed by atoms with E-state index in [-0.39, 0.29) is 18.4 Å². The van der Waals surface area contributed by atoms with Crippen molar-refractivity contribution < 1.29 is 14.7 Å². The topological polar surface area (TPSA) is 60.9 Å². The number of rotatable bonds is 4. The lowest BCUT2D eigenvalue weighted by Gasteiger charge is -2.32. The third kappa shape index (κ3) is 3.29. The predicted molar refractivity (Wildman–Crippen MR) is 66.8 cm³/mol. The summed E-state index contributed by atoms with van der Waals surface area (Å²) in [6, 6.07) is 0. The van der Waals surface area contributed by atoms with Gasteiger partial charge in [-0.2, -0.15) is 0 Å². The van der Waals surface area contributed by atoms with E-state index in [2.05, 4.69) is 11.8 Å². The van der Waals surface area contributed by atoms with E-state index in [9.17, 15) is 14.7 Å². The second-order valence-corrected chi connectivity index (χ2v) is 5.54. The van der Waals surface area contributed by atoms with E-state index < -0.39 is 6.10 Å². The summed E-state index contributed by atoms with van der Waals surface area (Å²) in [5, 5.41) is 9.98. The lowest BCUT2D eigenvalue weighted by molar-refractivity contribution is -0.140. The Morgan fingerprint density at radius 1 is 1.17 bits per heavy atom. The van der Waals surface area contributed by atoms with Gasteiger partial charge in [0.25, 0.3) is 0 Å². The molecule has 2 amide bonds. The minimum Gasteiger partial charge on any atom is -0.390 e. The number of aliphatic hydroxyl groups excluding tert-OH is 1. The number of nitrogens with zero attached hydrogens (tertiary/aromatic N) is 2. The molecule has 1 atom stereocenters. The van der Waals surface area contributed by atoms with Crippen molar-refractivity contribution in [2.75, 3.05) is 26.2 Å². The Morgan fingerprint density at radius 3 is 2.28 bits per heavy atom. The second-order valence-electron chi connectivity index (χ2n) is 5.54. The third-order valence-corrected chi connectivity index (χ3v) is 3.89. The molecule has 2 aliphatic heterocycles. The van der Waals surface area contributed by atoms with E-state index in [1.807, 2.05) is 0 Å². The van der Waals surface area contributed by atoms with Gasteiger partial charge in [-0.25, -0.2) is 0 Å². The summed E-state index contributed by atoms with van der Waals surface area (Å²) in [5.41, 5.74) is 0. The molecular formula is C13H22N2O3. The summed E-state index contributed by atoms with van der Waals surface area (Å²) in [6.45, 7) is 4.96. The van der Waals surface area contributed by atoms with E-state index in [0.717, 1.165) is 31.8 Å². The fourth-order valence-corrected chi connectivity index (χ4v) is 2.64. The maximum absolute atomic E-state index is 11.4. The van der Waals surface area contributed by atoms with Crippen LogP contribution < -0.4 is 0 Å². The number of hydrogen-bond acceptors (Lipinski definition) is 4. The van der Waals surface area contributed by atoms with Gasteiger partial charge in [-0.15, -0.1) is 0 Å². The van der Waals surface area contributed by atoms with Crippen LogP contribution in [-0.2, 0) is 9.59 Å². The van der Waals surface area contributed by atoms with Gasteiger partial charge in [-0.05, 0) is 31.8 Å². The number of carbonyl (C=O) groups is 2. The van der Waals surface area contributed by atoms with Crippen LogP contribution in [0.2, 0.25) is 0 Å². The fourth-order valence-electron chi connectivity index (χ4n) is 2.64. The van der Waals surface area contributed by atoms with Crippen LogP contribution >= 0.6 is 0 Å². The molecule has 0 aliphatic carbocycles. The molecule has 0 unspecified atom stereocenters. The molecule has 18 heavy (non-hydrogen) atoms. The molecule has 0 saturated carbocycles. The lowest BCUT2D eigenvalue weighted by atomic mass is 9.99. The van der Waals surface area contributed by atoms with Crippen molar-refractivity contribution in [1.29, 1.82) is 0 Å². The fraction of sp³-hybridized carbons (Fsp3) is 0.846. The summed E-state index contributed by atoms with van der Waals surface area (Å²) < 4.78 is 0. The van der Waals surface area contributed by atoms with Crippen LogP contribution in [0.3, 0.4) is 0 Å². The Hall–Kier alpha value is -0.940. The van der Waals surface area contributed by atoms with E-state index >= 15 is 0 Å². The standard InChI is InChI=1S/C13H22N2O3/c1-10-4-6-14(7-5-10)8-11(16)9-15-12(17)2-3-13(15)18/h10-11,16H,2-9H2,1H3/t11-/m0/s1. The van der Waals surface area contributed by atoms with Gasteiger partial charge in [0.2, 0.25) is 11.8 Å². The minimum atomic E-state index is -0.621. The maximum atomic E-state index is 11.4. The van der Waals surface area contributed by atoms with Crippen LogP contribution in [0.1, 0.15) is 32.6 Å². The van der Waals surface area contributed by atoms with Crippen LogP contribution in [-0.4, -0.2) is 59.0 Å². The van der Waals surface area contributed by atoms with Crippen molar-refractivity contribution in [1.82, 2.24) is 9.80 Å². The Labute approximate surface area is 108 Å². The average molecular weight is 254 g/mol. The molecule has 0 bridgehead atoms. The Morgan fingerprint density at radius 2 is 1.72 bits per heavy atom. The average Bonchev–Trinajstić information content (AvgIpc) is 2.64. The van der Waals surface area contributed by atoms with Gasteiger partial charge < -0.3 is 10.0 Å². The first-order chi connectivity index (χ1) is 8.56. The van der Waals surface area contributed by atoms with Gasteiger partial charge in [0.05, 0.1) is 12.6 Å². The Bertz CT molecular complexity index is 308. The van der Waals surface area contributed by atoms with Crippen LogP contribution in [0.5, 0.6) is 0 Å². The first kappa shape index (κ1) is 13.5. The third-order valence-electron chi connectivity index (χ3n) is 3.89. The van der Waals surface area contributed by atoms with Crippen molar-refractivity contribution in [3.8, 4) is 0 Å². The molecule has 2 aliphatic rings. The number of piperidine rings is 1. The van der Waals surface area contributed by atoms with E-state index in [4.69, 9.17) is 0 Å². The van der Waals surface area contributed by atoms with Gasteiger partial charge in [-0.3, -0.25) is 14.5 Å². The Balaban J connectivity index is 1.76. The highest BCUT2D eigenvalue weighted by molar-refractivity contribution is 6.01. The predicted octanol–water partition coefficient (Wildman–Crippen LogP) is 0.228. The van der Waals surface area contributed by atoms with Gasteiger partial charge in [0.1, 0.15) is 0 Å². The van der Waals surface area contributed by atoms with Crippen molar-refractivity contribution in [3.05, 3.63) is 0 Å². The molecule has 5 nitrogen and oxygen atoms in total. The molecule has 2 heterocycles. The summed E-state index contributed by atoms with van der Waals surface area (Å²) in [5.74, 6) is 0.470. The molecule has 1 N–H and O–H groups in total. The number of imide groups is 1. The van der Waals surface area contributed by atoms with Gasteiger partial charge in [0.15, 0.2) is 0 Å². The highest BCUT2D eigenvalue weighted by Crippen LogP contribution is 2.17. The summed E-state index contributed by atoms with van der Waals surface area (Å²) in [4.78, 5) is 26.3. The van der Waals surface area contributed by atoms with Crippen molar-refractivity contribution in [2.45, 2.75) is 38.7 Å². The van der Waals surface area contributed by atoms with Crippen LogP contribution in [0, 0.1) is 5.92 Å². The highest BCUT2D eigenvalue weighted by atomic mass is 16.3. The zero-order valence-electron chi connectivity index (χ0n) is 11.0. The summed E-state index contributed by atoms with van der Waals surface area (Å²) in [7, 11) is 0. The minimum absolute atomic E-state index is 0.147. The maximum Gasteiger partial charge on any atom is 0.229 e. The first-order valence-corrected chi connectivity index (χ1v) is 6.80. The molecule has 0 radical (unpaired) electrons. The zero-order chi connectivity index (χ0) is 13.1. The van der Waals surface area contributed by atoms with Crippen LogP contribution in [0.25, 0.3) is 0 Å². The SMILES string of the molecule is CC1CCN(C[C@H](O)CN2C(=O)CCC2=O)CC1. The quantitative estimate of drug-likeness (QED) is 0.730. The molecule has 0 aromatic carbocycles. The first-order valence-electron chi connectivity index (χ1n) is 6.80. The normalized spacial score (nSPS) is 24.9.